The molecular weight excluding hydrogens is 326 g/mol. The van der Waals surface area contributed by atoms with E-state index in [2.05, 4.69) is 62.4 Å². The van der Waals surface area contributed by atoms with Crippen molar-refractivity contribution in [2.45, 2.75) is 6.04 Å². The Morgan fingerprint density at radius 3 is 2.77 bits per heavy atom. The Morgan fingerprint density at radius 2 is 1.96 bits per heavy atom. The molecule has 2 aliphatic rings. The van der Waals surface area contributed by atoms with Crippen LogP contribution in [0.2, 0.25) is 0 Å². The van der Waals surface area contributed by atoms with E-state index in [4.69, 9.17) is 4.74 Å². The third kappa shape index (κ3) is 2.36. The molecule has 0 amide bonds. The molecule has 0 bridgehead atoms. The predicted octanol–water partition coefficient (Wildman–Crippen LogP) is 2.71. The van der Waals surface area contributed by atoms with Gasteiger partial charge in [-0.25, -0.2) is 4.98 Å². The van der Waals surface area contributed by atoms with Gasteiger partial charge in [0.25, 0.3) is 0 Å². The van der Waals surface area contributed by atoms with Crippen LogP contribution in [0.25, 0.3) is 11.0 Å². The topological polar surface area (TPSA) is 57.3 Å². The molecule has 0 saturated carbocycles. The molecule has 0 radical (unpaired) electrons. The van der Waals surface area contributed by atoms with Gasteiger partial charge in [-0.15, -0.1) is 0 Å². The molecule has 134 valence electrons. The molecule has 2 saturated heterocycles. The lowest BCUT2D eigenvalue weighted by Crippen LogP contribution is -2.29. The number of nitrogens with zero attached hydrogens (tertiary/aromatic N) is 4. The largest absolute Gasteiger partial charge is 0.497 e. The first kappa shape index (κ1) is 15.6. The van der Waals surface area contributed by atoms with Gasteiger partial charge < -0.3 is 9.64 Å². The number of nitrogens with one attached hydrogen (secondary N) is 1. The molecule has 6 heteroatoms. The van der Waals surface area contributed by atoms with Crippen LogP contribution in [0.5, 0.6) is 5.75 Å². The highest BCUT2D eigenvalue weighted by atomic mass is 16.5. The van der Waals surface area contributed by atoms with Crippen molar-refractivity contribution in [2.75, 3.05) is 38.7 Å². The normalized spacial score (nSPS) is 25.8. The molecular formula is C20H23N5O. The van der Waals surface area contributed by atoms with E-state index in [1.807, 2.05) is 12.4 Å². The Hall–Kier alpha value is -2.60. The quantitative estimate of drug-likeness (QED) is 0.788. The molecule has 1 aromatic carbocycles. The van der Waals surface area contributed by atoms with Crippen LogP contribution in [0.3, 0.4) is 0 Å². The fraction of sp³-hybridized carbons (Fsp3) is 0.400. The first-order chi connectivity index (χ1) is 12.7. The lowest BCUT2D eigenvalue weighted by molar-refractivity contribution is 0.279. The number of fused-ring (bicyclic) bond motifs is 2. The summed E-state index contributed by atoms with van der Waals surface area (Å²) in [6.07, 6.45) is 3.76. The van der Waals surface area contributed by atoms with Gasteiger partial charge in [0.05, 0.1) is 24.4 Å². The molecule has 1 N–H and O–H groups in total. The van der Waals surface area contributed by atoms with Crippen molar-refractivity contribution in [3.05, 3.63) is 48.3 Å². The van der Waals surface area contributed by atoms with Crippen LogP contribution in [0.4, 0.5) is 5.69 Å². The van der Waals surface area contributed by atoms with E-state index in [9.17, 15) is 0 Å². The number of aromatic nitrogens is 3. The molecule has 6 nitrogen and oxygen atoms in total. The summed E-state index contributed by atoms with van der Waals surface area (Å²) in [6, 6.07) is 11.1. The zero-order valence-electron chi connectivity index (χ0n) is 15.1. The fourth-order valence-electron chi connectivity index (χ4n) is 4.87. The maximum Gasteiger partial charge on any atom is 0.157 e. The second-order valence-corrected chi connectivity index (χ2v) is 7.45. The van der Waals surface area contributed by atoms with E-state index in [1.54, 1.807) is 7.11 Å². The van der Waals surface area contributed by atoms with Crippen molar-refractivity contribution in [1.29, 1.82) is 0 Å². The maximum absolute atomic E-state index is 5.32. The van der Waals surface area contributed by atoms with Gasteiger partial charge in [0.2, 0.25) is 0 Å². The minimum absolute atomic E-state index is 0.456. The Balaban J connectivity index is 1.44. The zero-order valence-corrected chi connectivity index (χ0v) is 15.1. The van der Waals surface area contributed by atoms with E-state index < -0.39 is 0 Å². The highest BCUT2D eigenvalue weighted by Gasteiger charge is 2.46. The Kier molecular flexibility index (Phi) is 3.60. The smallest absolute Gasteiger partial charge is 0.157 e. The number of pyridine rings is 1. The average Bonchev–Trinajstić information content (AvgIpc) is 3.35. The van der Waals surface area contributed by atoms with Crippen molar-refractivity contribution in [2.24, 2.45) is 11.8 Å². The van der Waals surface area contributed by atoms with Gasteiger partial charge in [-0.05, 0) is 36.7 Å². The highest BCUT2D eigenvalue weighted by Crippen LogP contribution is 2.45. The SMILES string of the molecule is COc1ccc([C@@H]2[C@@H]3CN(c4ccnc5[nH]ncc45)C[C@@H]3CN2C)cc1. The van der Waals surface area contributed by atoms with Gasteiger partial charge in [0.15, 0.2) is 5.65 Å². The molecule has 3 atom stereocenters. The predicted molar refractivity (Wildman–Crippen MR) is 101 cm³/mol. The number of hydrogen-bond donors (Lipinski definition) is 1. The van der Waals surface area contributed by atoms with Crippen LogP contribution in [0, 0.1) is 11.8 Å². The van der Waals surface area contributed by atoms with Gasteiger partial charge in [0.1, 0.15) is 5.75 Å². The minimum atomic E-state index is 0.456. The summed E-state index contributed by atoms with van der Waals surface area (Å²) in [6.45, 7) is 3.29. The van der Waals surface area contributed by atoms with Crippen molar-refractivity contribution < 1.29 is 4.74 Å². The Bertz CT molecular complexity index is 921. The molecule has 5 rings (SSSR count). The van der Waals surface area contributed by atoms with Gasteiger partial charge in [-0.1, -0.05) is 12.1 Å². The Morgan fingerprint density at radius 1 is 1.12 bits per heavy atom. The van der Waals surface area contributed by atoms with Crippen molar-refractivity contribution in [1.82, 2.24) is 20.1 Å². The van der Waals surface area contributed by atoms with Gasteiger partial charge in [0, 0.05) is 37.8 Å². The number of methoxy groups -OCH3 is 1. The summed E-state index contributed by atoms with van der Waals surface area (Å²) < 4.78 is 5.32. The summed E-state index contributed by atoms with van der Waals surface area (Å²) in [4.78, 5) is 9.39. The van der Waals surface area contributed by atoms with Crippen molar-refractivity contribution in [3.8, 4) is 5.75 Å². The van der Waals surface area contributed by atoms with Crippen LogP contribution in [-0.2, 0) is 0 Å². The molecule has 0 aliphatic carbocycles. The standard InChI is InChI=1S/C20H23N5O/c1-24-10-14-11-25(18-7-8-21-20-16(18)9-22-23-20)12-17(14)19(24)13-3-5-15(26-2)6-4-13/h3-9,14,17,19H,10-12H2,1-2H3,(H,21,22,23)/t14-,17+,19+/m0/s1. The summed E-state index contributed by atoms with van der Waals surface area (Å²) in [5.74, 6) is 2.23. The minimum Gasteiger partial charge on any atom is -0.497 e. The molecule has 4 heterocycles. The van der Waals surface area contributed by atoms with Crippen LogP contribution in [-0.4, -0.2) is 53.9 Å². The fourth-order valence-corrected chi connectivity index (χ4v) is 4.87. The summed E-state index contributed by atoms with van der Waals surface area (Å²) in [7, 11) is 3.96. The summed E-state index contributed by atoms with van der Waals surface area (Å²) in [5.41, 5.74) is 3.49. The second-order valence-electron chi connectivity index (χ2n) is 7.45. The van der Waals surface area contributed by atoms with Gasteiger partial charge >= 0.3 is 0 Å². The third-order valence-electron chi connectivity index (χ3n) is 6.02. The lowest BCUT2D eigenvalue weighted by atomic mass is 9.89. The van der Waals surface area contributed by atoms with Gasteiger partial charge in [-0.2, -0.15) is 5.10 Å². The molecule has 26 heavy (non-hydrogen) atoms. The first-order valence-corrected chi connectivity index (χ1v) is 9.12. The number of hydrogen-bond acceptors (Lipinski definition) is 5. The van der Waals surface area contributed by atoms with Crippen LogP contribution in [0.15, 0.2) is 42.7 Å². The molecule has 3 aromatic rings. The van der Waals surface area contributed by atoms with E-state index in [0.29, 0.717) is 17.9 Å². The number of anilines is 1. The van der Waals surface area contributed by atoms with Crippen LogP contribution in [0.1, 0.15) is 11.6 Å². The monoisotopic (exact) mass is 349 g/mol. The highest BCUT2D eigenvalue weighted by molar-refractivity contribution is 5.88. The second kappa shape index (κ2) is 5.99. The summed E-state index contributed by atoms with van der Waals surface area (Å²) in [5, 5.41) is 8.25. The third-order valence-corrected chi connectivity index (χ3v) is 6.02. The van der Waals surface area contributed by atoms with Crippen molar-refractivity contribution >= 4 is 16.7 Å². The number of aromatic amines is 1. The van der Waals surface area contributed by atoms with Gasteiger partial charge in [-0.3, -0.25) is 10.00 Å². The van der Waals surface area contributed by atoms with Crippen LogP contribution < -0.4 is 9.64 Å². The van der Waals surface area contributed by atoms with E-state index in [-0.39, 0.29) is 0 Å². The lowest BCUT2D eigenvalue weighted by Gasteiger charge is -2.28. The number of likely N-dealkylation sites (tertiary alicyclic amines) is 1. The van der Waals surface area contributed by atoms with E-state index in [0.717, 1.165) is 36.4 Å². The number of ether oxygens (including phenoxy) is 1. The van der Waals surface area contributed by atoms with Crippen LogP contribution >= 0.6 is 0 Å². The molecule has 2 fully saturated rings. The maximum atomic E-state index is 5.32. The van der Waals surface area contributed by atoms with Crippen molar-refractivity contribution in [3.63, 3.8) is 0 Å². The molecule has 0 unspecified atom stereocenters. The molecule has 2 aromatic heterocycles. The number of H-pyrrole nitrogens is 1. The van der Waals surface area contributed by atoms with E-state index >= 15 is 0 Å². The van der Waals surface area contributed by atoms with E-state index in [1.165, 1.54) is 11.3 Å². The number of rotatable bonds is 3. The first-order valence-electron chi connectivity index (χ1n) is 9.12. The number of benzene rings is 1. The zero-order chi connectivity index (χ0) is 17.7. The average molecular weight is 349 g/mol. The summed E-state index contributed by atoms with van der Waals surface area (Å²) >= 11 is 0. The Labute approximate surface area is 152 Å². The molecule has 0 spiro atoms. The molecule has 2 aliphatic heterocycles.